The molecule has 0 unspecified atom stereocenters. The van der Waals surface area contributed by atoms with E-state index in [1.807, 2.05) is 0 Å². The van der Waals surface area contributed by atoms with Gasteiger partial charge in [0.2, 0.25) is 0 Å². The van der Waals surface area contributed by atoms with Gasteiger partial charge in [0.05, 0.1) is 0 Å². The second kappa shape index (κ2) is 5.79. The zero-order valence-electron chi connectivity index (χ0n) is 10.5. The molecule has 96 valence electrons. The minimum atomic E-state index is 0.678. The first-order valence-corrected chi connectivity index (χ1v) is 6.76. The van der Waals surface area contributed by atoms with Gasteiger partial charge in [0.25, 0.3) is 0 Å². The molecule has 0 aliphatic heterocycles. The number of aromatic nitrogens is 2. The van der Waals surface area contributed by atoms with E-state index in [1.54, 1.807) is 11.3 Å². The van der Waals surface area contributed by atoms with Gasteiger partial charge in [-0.2, -0.15) is 11.3 Å². The van der Waals surface area contributed by atoms with Crippen LogP contribution < -0.4 is 16.6 Å². The molecule has 0 aliphatic carbocycles. The number of hydrazine groups is 1. The van der Waals surface area contributed by atoms with Crippen molar-refractivity contribution in [3.05, 3.63) is 33.8 Å². The fraction of sp³-hybridized carbons (Fsp3) is 0.333. The Morgan fingerprint density at radius 3 is 2.67 bits per heavy atom. The summed E-state index contributed by atoms with van der Waals surface area (Å²) in [5.74, 6) is 6.96. The van der Waals surface area contributed by atoms with Gasteiger partial charge in [0, 0.05) is 12.1 Å². The predicted octanol–water partition coefficient (Wildman–Crippen LogP) is 2.31. The Hall–Kier alpha value is -1.66. The number of rotatable bonds is 5. The van der Waals surface area contributed by atoms with Crippen LogP contribution in [0.4, 0.5) is 11.6 Å². The predicted molar refractivity (Wildman–Crippen MR) is 75.6 cm³/mol. The molecule has 0 saturated carbocycles. The fourth-order valence-electron chi connectivity index (χ4n) is 1.77. The summed E-state index contributed by atoms with van der Waals surface area (Å²) in [5, 5.41) is 7.64. The van der Waals surface area contributed by atoms with Crippen LogP contribution in [0.25, 0.3) is 0 Å². The van der Waals surface area contributed by atoms with Gasteiger partial charge in [-0.3, -0.25) is 0 Å². The Balaban J connectivity index is 2.16. The highest BCUT2D eigenvalue weighted by atomic mass is 32.1. The van der Waals surface area contributed by atoms with Crippen molar-refractivity contribution in [2.75, 3.05) is 10.7 Å². The van der Waals surface area contributed by atoms with E-state index in [0.29, 0.717) is 5.82 Å². The fourth-order valence-corrected chi connectivity index (χ4v) is 2.63. The van der Waals surface area contributed by atoms with Crippen LogP contribution in [0, 0.1) is 6.92 Å². The van der Waals surface area contributed by atoms with Crippen LogP contribution in [-0.2, 0) is 13.0 Å². The molecule has 2 heterocycles. The van der Waals surface area contributed by atoms with Gasteiger partial charge >= 0.3 is 0 Å². The molecule has 5 nitrogen and oxygen atoms in total. The van der Waals surface area contributed by atoms with Crippen molar-refractivity contribution < 1.29 is 0 Å². The largest absolute Gasteiger partial charge is 0.366 e. The lowest BCUT2D eigenvalue weighted by atomic mass is 10.2. The summed E-state index contributed by atoms with van der Waals surface area (Å²) in [6.07, 6.45) is 2.34. The standard InChI is InChI=1S/C12H17N5S/c1-3-10-11(15-7-16-12(10)17-13)14-4-9-6-18-5-8(9)2/h5-7H,3-4,13H2,1-2H3,(H2,14,15,16,17). The van der Waals surface area contributed by atoms with Gasteiger partial charge in [-0.25, -0.2) is 15.8 Å². The Morgan fingerprint density at radius 1 is 1.28 bits per heavy atom. The van der Waals surface area contributed by atoms with E-state index in [4.69, 9.17) is 5.84 Å². The Labute approximate surface area is 110 Å². The van der Waals surface area contributed by atoms with Crippen molar-refractivity contribution in [1.29, 1.82) is 0 Å². The number of thiophene rings is 1. The quantitative estimate of drug-likeness (QED) is 0.570. The third-order valence-electron chi connectivity index (χ3n) is 2.84. The van der Waals surface area contributed by atoms with E-state index in [2.05, 4.69) is 45.3 Å². The van der Waals surface area contributed by atoms with E-state index in [0.717, 1.165) is 24.3 Å². The zero-order chi connectivity index (χ0) is 13.0. The number of aryl methyl sites for hydroxylation is 1. The number of anilines is 2. The van der Waals surface area contributed by atoms with Gasteiger partial charge < -0.3 is 10.7 Å². The van der Waals surface area contributed by atoms with Gasteiger partial charge in [-0.05, 0) is 35.2 Å². The zero-order valence-corrected chi connectivity index (χ0v) is 11.3. The number of hydrogen-bond donors (Lipinski definition) is 3. The van der Waals surface area contributed by atoms with Gasteiger partial charge in [0.15, 0.2) is 0 Å². The molecule has 2 aromatic heterocycles. The molecule has 0 aliphatic rings. The minimum absolute atomic E-state index is 0.678. The number of nitrogen functional groups attached to an aromatic ring is 1. The molecule has 0 amide bonds. The van der Waals surface area contributed by atoms with Crippen LogP contribution in [0.15, 0.2) is 17.1 Å². The third kappa shape index (κ3) is 2.60. The first-order valence-electron chi connectivity index (χ1n) is 5.82. The lowest BCUT2D eigenvalue weighted by Crippen LogP contribution is -2.14. The van der Waals surface area contributed by atoms with Crippen molar-refractivity contribution in [2.45, 2.75) is 26.8 Å². The van der Waals surface area contributed by atoms with Crippen LogP contribution in [0.5, 0.6) is 0 Å². The highest BCUT2D eigenvalue weighted by molar-refractivity contribution is 7.08. The second-order valence-electron chi connectivity index (χ2n) is 3.98. The van der Waals surface area contributed by atoms with Gasteiger partial charge in [-0.1, -0.05) is 6.92 Å². The maximum absolute atomic E-state index is 5.44. The average Bonchev–Trinajstić information content (AvgIpc) is 2.81. The van der Waals surface area contributed by atoms with Gasteiger partial charge in [-0.15, -0.1) is 0 Å². The smallest absolute Gasteiger partial charge is 0.148 e. The highest BCUT2D eigenvalue weighted by Gasteiger charge is 2.09. The Bertz CT molecular complexity index is 523. The van der Waals surface area contributed by atoms with Crippen molar-refractivity contribution in [1.82, 2.24) is 9.97 Å². The maximum atomic E-state index is 5.44. The van der Waals surface area contributed by atoms with Crippen LogP contribution in [0.2, 0.25) is 0 Å². The summed E-state index contributed by atoms with van der Waals surface area (Å²) in [5.41, 5.74) is 6.21. The third-order valence-corrected chi connectivity index (χ3v) is 3.75. The van der Waals surface area contributed by atoms with Crippen molar-refractivity contribution in [3.8, 4) is 0 Å². The lowest BCUT2D eigenvalue weighted by Gasteiger charge is -2.12. The van der Waals surface area contributed by atoms with E-state index < -0.39 is 0 Å². The molecule has 0 saturated heterocycles. The maximum Gasteiger partial charge on any atom is 0.148 e. The summed E-state index contributed by atoms with van der Waals surface area (Å²) in [6, 6.07) is 0. The van der Waals surface area contributed by atoms with E-state index in [9.17, 15) is 0 Å². The topological polar surface area (TPSA) is 75.9 Å². The number of nitrogens with zero attached hydrogens (tertiary/aromatic N) is 2. The van der Waals surface area contributed by atoms with Crippen LogP contribution in [0.1, 0.15) is 23.6 Å². The summed E-state index contributed by atoms with van der Waals surface area (Å²) in [6.45, 7) is 4.94. The number of nitrogens with one attached hydrogen (secondary N) is 2. The lowest BCUT2D eigenvalue weighted by molar-refractivity contribution is 1.00. The molecular formula is C12H17N5S. The number of hydrogen-bond acceptors (Lipinski definition) is 6. The molecular weight excluding hydrogens is 246 g/mol. The van der Waals surface area contributed by atoms with E-state index in [-0.39, 0.29) is 0 Å². The molecule has 0 radical (unpaired) electrons. The SMILES string of the molecule is CCc1c(NN)ncnc1NCc1cscc1C. The average molecular weight is 263 g/mol. The van der Waals surface area contributed by atoms with Crippen LogP contribution in [0.3, 0.4) is 0 Å². The van der Waals surface area contributed by atoms with Gasteiger partial charge in [0.1, 0.15) is 18.0 Å². The summed E-state index contributed by atoms with van der Waals surface area (Å²) < 4.78 is 0. The molecule has 0 aromatic carbocycles. The second-order valence-corrected chi connectivity index (χ2v) is 4.72. The molecule has 0 atom stereocenters. The van der Waals surface area contributed by atoms with Crippen molar-refractivity contribution in [2.24, 2.45) is 5.84 Å². The summed E-state index contributed by atoms with van der Waals surface area (Å²) >= 11 is 1.71. The molecule has 6 heteroatoms. The first-order chi connectivity index (χ1) is 8.76. The Kier molecular flexibility index (Phi) is 4.11. The van der Waals surface area contributed by atoms with Crippen LogP contribution in [-0.4, -0.2) is 9.97 Å². The molecule has 0 spiro atoms. The van der Waals surface area contributed by atoms with Crippen molar-refractivity contribution in [3.63, 3.8) is 0 Å². The number of nitrogens with two attached hydrogens (primary N) is 1. The molecule has 4 N–H and O–H groups in total. The highest BCUT2D eigenvalue weighted by Crippen LogP contribution is 2.21. The molecule has 18 heavy (non-hydrogen) atoms. The minimum Gasteiger partial charge on any atom is -0.366 e. The molecule has 2 aromatic rings. The first kappa shape index (κ1) is 12.8. The normalized spacial score (nSPS) is 10.4. The Morgan fingerprint density at radius 2 is 2.06 bits per heavy atom. The monoisotopic (exact) mass is 263 g/mol. The van der Waals surface area contributed by atoms with E-state index in [1.165, 1.54) is 17.5 Å². The van der Waals surface area contributed by atoms with Crippen molar-refractivity contribution >= 4 is 23.0 Å². The summed E-state index contributed by atoms with van der Waals surface area (Å²) in [4.78, 5) is 8.38. The molecule has 0 fully saturated rings. The summed E-state index contributed by atoms with van der Waals surface area (Å²) in [7, 11) is 0. The molecule has 2 rings (SSSR count). The van der Waals surface area contributed by atoms with E-state index >= 15 is 0 Å². The van der Waals surface area contributed by atoms with Crippen LogP contribution >= 0.6 is 11.3 Å². The molecule has 0 bridgehead atoms.